The summed E-state index contributed by atoms with van der Waals surface area (Å²) in [6.45, 7) is 0. The minimum Gasteiger partial charge on any atom is -1.00 e. The maximum Gasteiger partial charge on any atom is 0.0635 e. The van der Waals surface area contributed by atoms with Crippen LogP contribution in [0.2, 0.25) is 0 Å². The van der Waals surface area contributed by atoms with Crippen LogP contribution in [0.4, 0.5) is 0 Å². The second-order valence-electron chi connectivity index (χ2n) is 9.18. The van der Waals surface area contributed by atoms with E-state index in [4.69, 9.17) is 0 Å². The lowest BCUT2D eigenvalue weighted by atomic mass is 10.2. The molecule has 0 aliphatic carbocycles. The van der Waals surface area contributed by atoms with Gasteiger partial charge in [-0.3, -0.25) is 0 Å². The molecule has 0 aliphatic heterocycles. The van der Waals surface area contributed by atoms with Gasteiger partial charge >= 0.3 is 0 Å². The molecule has 0 radical (unpaired) electrons. The third-order valence-electron chi connectivity index (χ3n) is 6.87. The second kappa shape index (κ2) is 14.2. The van der Waals surface area contributed by atoms with Crippen molar-refractivity contribution >= 4 is 7.26 Å². The van der Waals surface area contributed by atoms with Crippen molar-refractivity contribution in [2.75, 3.05) is 24.6 Å². The standard InChI is InChI=1S/C32H36P.BrH/c1-5-13-29(14-6-1)21-25-33(26-22-30-15-7-2-8-16-30,27-23-31-17-9-3-10-18-31)28-24-32-19-11-4-12-20-32;/h1-20H,21-28H2;1H/q+1;/p-1. The Balaban J connectivity index is 0.00000324. The van der Waals surface area contributed by atoms with E-state index in [2.05, 4.69) is 121 Å². The quantitative estimate of drug-likeness (QED) is 0.226. The third-order valence-corrected chi connectivity index (χ3v) is 11.6. The molecule has 0 nitrogen and oxygen atoms in total. The topological polar surface area (TPSA) is 0 Å². The first-order chi connectivity index (χ1) is 16.3. The largest absolute Gasteiger partial charge is 1.00 e. The Morgan fingerprint density at radius 3 is 0.735 bits per heavy atom. The van der Waals surface area contributed by atoms with Crippen molar-refractivity contribution < 1.29 is 17.0 Å². The van der Waals surface area contributed by atoms with E-state index in [1.54, 1.807) is 0 Å². The Morgan fingerprint density at radius 1 is 0.324 bits per heavy atom. The minimum absolute atomic E-state index is 0. The van der Waals surface area contributed by atoms with Crippen molar-refractivity contribution in [3.05, 3.63) is 144 Å². The van der Waals surface area contributed by atoms with Crippen LogP contribution in [-0.2, 0) is 25.7 Å². The minimum atomic E-state index is -1.16. The van der Waals surface area contributed by atoms with E-state index in [0.717, 1.165) is 0 Å². The number of rotatable bonds is 12. The lowest BCUT2D eigenvalue weighted by molar-refractivity contribution is -0.00000665. The molecule has 0 heterocycles. The molecule has 0 saturated carbocycles. The summed E-state index contributed by atoms with van der Waals surface area (Å²) in [5.74, 6) is 0. The van der Waals surface area contributed by atoms with Crippen LogP contribution in [0.25, 0.3) is 0 Å². The smallest absolute Gasteiger partial charge is 0.0635 e. The molecule has 4 rings (SSSR count). The Bertz CT molecular complexity index is 870. The summed E-state index contributed by atoms with van der Waals surface area (Å²) in [6, 6.07) is 44.5. The summed E-state index contributed by atoms with van der Waals surface area (Å²) in [6.07, 6.45) is 10.2. The van der Waals surface area contributed by atoms with Gasteiger partial charge in [-0.05, 0) is 22.3 Å². The molecule has 34 heavy (non-hydrogen) atoms. The van der Waals surface area contributed by atoms with E-state index < -0.39 is 7.26 Å². The first kappa shape index (κ1) is 26.4. The summed E-state index contributed by atoms with van der Waals surface area (Å²) in [4.78, 5) is 0. The van der Waals surface area contributed by atoms with Gasteiger partial charge in [0.15, 0.2) is 0 Å². The maximum atomic E-state index is 2.31. The van der Waals surface area contributed by atoms with Crippen molar-refractivity contribution in [3.8, 4) is 0 Å². The highest BCUT2D eigenvalue weighted by atomic mass is 79.9. The Morgan fingerprint density at radius 2 is 0.529 bits per heavy atom. The fourth-order valence-electron chi connectivity index (χ4n) is 4.71. The molecule has 0 fully saturated rings. The van der Waals surface area contributed by atoms with Crippen LogP contribution in [0.5, 0.6) is 0 Å². The molecule has 0 aliphatic rings. The molecule has 176 valence electrons. The monoisotopic (exact) mass is 530 g/mol. The number of benzene rings is 4. The zero-order valence-corrected chi connectivity index (χ0v) is 22.5. The van der Waals surface area contributed by atoms with Crippen LogP contribution in [0.1, 0.15) is 22.3 Å². The number of aryl methyl sites for hydroxylation is 4. The number of hydrogen-bond acceptors (Lipinski definition) is 0. The highest BCUT2D eigenvalue weighted by Gasteiger charge is 2.36. The molecule has 0 N–H and O–H groups in total. The highest BCUT2D eigenvalue weighted by molar-refractivity contribution is 7.75. The van der Waals surface area contributed by atoms with Gasteiger partial charge in [0.1, 0.15) is 0 Å². The van der Waals surface area contributed by atoms with Crippen LogP contribution < -0.4 is 17.0 Å². The summed E-state index contributed by atoms with van der Waals surface area (Å²) >= 11 is 0. The van der Waals surface area contributed by atoms with Gasteiger partial charge in [-0.1, -0.05) is 121 Å². The Labute approximate surface area is 217 Å². The van der Waals surface area contributed by atoms with Crippen molar-refractivity contribution in [2.24, 2.45) is 0 Å². The first-order valence-electron chi connectivity index (χ1n) is 12.3. The molecule has 4 aromatic rings. The summed E-state index contributed by atoms with van der Waals surface area (Å²) < 4.78 is 0. The lowest BCUT2D eigenvalue weighted by Gasteiger charge is -2.29. The Hall–Kier alpha value is -2.21. The van der Waals surface area contributed by atoms with Gasteiger partial charge < -0.3 is 17.0 Å². The molecule has 0 atom stereocenters. The van der Waals surface area contributed by atoms with Crippen molar-refractivity contribution in [1.82, 2.24) is 0 Å². The fourth-order valence-corrected chi connectivity index (χ4v) is 8.99. The molecule has 0 spiro atoms. The normalized spacial score (nSPS) is 11.1. The molecule has 0 amide bonds. The molecule has 0 aromatic heterocycles. The van der Waals surface area contributed by atoms with Crippen LogP contribution in [-0.4, -0.2) is 24.6 Å². The van der Waals surface area contributed by atoms with Gasteiger partial charge in [0, 0.05) is 32.9 Å². The lowest BCUT2D eigenvalue weighted by Crippen LogP contribution is -3.00. The van der Waals surface area contributed by atoms with Crippen molar-refractivity contribution in [3.63, 3.8) is 0 Å². The van der Waals surface area contributed by atoms with Gasteiger partial charge in [-0.25, -0.2) is 0 Å². The highest BCUT2D eigenvalue weighted by Crippen LogP contribution is 2.60. The fraction of sp³-hybridized carbons (Fsp3) is 0.250. The summed E-state index contributed by atoms with van der Waals surface area (Å²) in [5.41, 5.74) is 5.95. The zero-order chi connectivity index (χ0) is 22.6. The van der Waals surface area contributed by atoms with Gasteiger partial charge in [-0.15, -0.1) is 0 Å². The van der Waals surface area contributed by atoms with Crippen molar-refractivity contribution in [2.45, 2.75) is 25.7 Å². The van der Waals surface area contributed by atoms with E-state index in [1.807, 2.05) is 0 Å². The van der Waals surface area contributed by atoms with Gasteiger partial charge in [0.05, 0.1) is 24.6 Å². The molecule has 0 bridgehead atoms. The van der Waals surface area contributed by atoms with E-state index in [0.29, 0.717) is 0 Å². The van der Waals surface area contributed by atoms with E-state index >= 15 is 0 Å². The first-order valence-corrected chi connectivity index (χ1v) is 14.9. The zero-order valence-electron chi connectivity index (χ0n) is 20.0. The SMILES string of the molecule is [Br-].c1ccc(CC[P+](CCc2ccccc2)(CCc2ccccc2)CCc2ccccc2)cc1. The van der Waals surface area contributed by atoms with Gasteiger partial charge in [0.2, 0.25) is 0 Å². The molecule has 2 heteroatoms. The van der Waals surface area contributed by atoms with Gasteiger partial charge in [-0.2, -0.15) is 0 Å². The Kier molecular flexibility index (Phi) is 11.1. The predicted octanol–water partition coefficient (Wildman–Crippen LogP) is 4.98. The van der Waals surface area contributed by atoms with Crippen molar-refractivity contribution in [1.29, 1.82) is 0 Å². The molecular formula is C32H36BrP. The summed E-state index contributed by atoms with van der Waals surface area (Å²) in [5, 5.41) is 0. The summed E-state index contributed by atoms with van der Waals surface area (Å²) in [7, 11) is -1.16. The molecular weight excluding hydrogens is 495 g/mol. The van der Waals surface area contributed by atoms with E-state index in [1.165, 1.54) is 72.6 Å². The average Bonchev–Trinajstić information content (AvgIpc) is 2.90. The average molecular weight is 532 g/mol. The van der Waals surface area contributed by atoms with E-state index in [-0.39, 0.29) is 17.0 Å². The molecule has 0 saturated heterocycles. The predicted molar refractivity (Wildman–Crippen MR) is 147 cm³/mol. The third kappa shape index (κ3) is 8.53. The molecule has 4 aromatic carbocycles. The van der Waals surface area contributed by atoms with Crippen LogP contribution in [0, 0.1) is 0 Å². The van der Waals surface area contributed by atoms with E-state index in [9.17, 15) is 0 Å². The number of hydrogen-bond donors (Lipinski definition) is 0. The van der Waals surface area contributed by atoms with Gasteiger partial charge in [0.25, 0.3) is 0 Å². The number of halogens is 1. The van der Waals surface area contributed by atoms with Crippen LogP contribution in [0.3, 0.4) is 0 Å². The van der Waals surface area contributed by atoms with Crippen LogP contribution >= 0.6 is 7.26 Å². The van der Waals surface area contributed by atoms with Crippen LogP contribution in [0.15, 0.2) is 121 Å². The molecule has 0 unspecified atom stereocenters. The maximum absolute atomic E-state index is 2.31. The second-order valence-corrected chi connectivity index (χ2v) is 13.7.